The zero-order valence-corrected chi connectivity index (χ0v) is 68.6. The molecule has 0 N–H and O–H groups in total. The molecule has 0 bridgehead atoms. The third-order valence-electron chi connectivity index (χ3n) is 24.5. The summed E-state index contributed by atoms with van der Waals surface area (Å²) in [4.78, 5) is 34.6. The fourth-order valence-corrected chi connectivity index (χ4v) is 18.4. The van der Waals surface area contributed by atoms with E-state index in [1.165, 1.54) is 110 Å². The van der Waals surface area contributed by atoms with Gasteiger partial charge in [-0.05, 0) is 225 Å². The van der Waals surface area contributed by atoms with E-state index in [1.807, 2.05) is 121 Å². The van der Waals surface area contributed by atoms with Gasteiger partial charge in [0, 0.05) is 100 Å². The summed E-state index contributed by atoms with van der Waals surface area (Å²) in [5.74, 6) is 3.96. The van der Waals surface area contributed by atoms with Crippen molar-refractivity contribution in [1.29, 1.82) is 0 Å². The largest absolute Gasteiger partial charge is 0.311 e. The normalized spacial score (nSPS) is 11.7. The predicted octanol–water partition coefficient (Wildman–Crippen LogP) is 29.4. The van der Waals surface area contributed by atoms with Crippen LogP contribution in [0.1, 0.15) is 22.3 Å². The molecule has 0 radical (unpaired) electrons. The van der Waals surface area contributed by atoms with Crippen LogP contribution in [0.15, 0.2) is 449 Å². The summed E-state index contributed by atoms with van der Waals surface area (Å²) < 4.78 is 4.84. The van der Waals surface area contributed by atoms with Gasteiger partial charge in [-0.1, -0.05) is 303 Å². The van der Waals surface area contributed by atoms with Crippen LogP contribution in [0.5, 0.6) is 0 Å². The van der Waals surface area contributed by atoms with E-state index in [0.29, 0.717) is 34.9 Å². The first-order valence-electron chi connectivity index (χ1n) is 42.8. The first-order chi connectivity index (χ1) is 62.4. The Bertz CT molecular complexity index is 7180. The maximum Gasteiger partial charge on any atom is 0.164 e. The van der Waals surface area contributed by atoms with Gasteiger partial charge in [-0.15, -0.1) is 0 Å². The molecule has 0 amide bonds. The van der Waals surface area contributed by atoms with E-state index < -0.39 is 0 Å². The molecule has 2 aliphatic carbocycles. The second-order valence-electron chi connectivity index (χ2n) is 32.1. The lowest BCUT2D eigenvalue weighted by molar-refractivity contribution is 1.07. The molecule has 592 valence electrons. The molecule has 126 heavy (non-hydrogen) atoms. The maximum atomic E-state index is 5.04. The molecule has 0 atom stereocenters. The predicted molar refractivity (Wildman–Crippen MR) is 518 cm³/mol. The number of benzene rings is 18. The molecular formula is C116H78N10. The molecule has 0 aliphatic heterocycles. The van der Waals surface area contributed by atoms with Crippen LogP contribution in [0.3, 0.4) is 0 Å². The number of fused-ring (bicyclic) bond motifs is 12. The quantitative estimate of drug-likeness (QED) is 0.0944. The van der Waals surface area contributed by atoms with Crippen LogP contribution >= 0.6 is 0 Å². The zero-order chi connectivity index (χ0) is 83.4. The topological polar surface area (TPSA) is 93.7 Å². The van der Waals surface area contributed by atoms with E-state index in [9.17, 15) is 0 Å². The first kappa shape index (κ1) is 74.3. The standard InChI is InChI=1S/2C58H39N5/c2*1-5-15-40(16-6-1)56-59-57(41-17-7-2-8-18-41)61-58(60-56)45-26-25-43-35-44-29-33-49(38-52(44)51(43)37-45)63-54-24-14-13-23-50(54)53-36-42(30-34-55(53)63)39-27-31-48(32-28-39)62(46-19-9-3-10-20-46)47-21-11-4-12-22-47/h2*1-34,36-38H,35H2. The fourth-order valence-electron chi connectivity index (χ4n) is 18.4. The van der Waals surface area contributed by atoms with Gasteiger partial charge >= 0.3 is 0 Å². The highest BCUT2D eigenvalue weighted by Gasteiger charge is 2.27. The van der Waals surface area contributed by atoms with Crippen LogP contribution in [0.4, 0.5) is 34.1 Å². The molecule has 4 heterocycles. The molecular weight excluding hydrogens is 1530 g/mol. The summed E-state index contributed by atoms with van der Waals surface area (Å²) in [6, 6.07) is 159. The molecule has 18 aromatic carbocycles. The van der Waals surface area contributed by atoms with Crippen LogP contribution in [-0.2, 0) is 12.8 Å². The Labute approximate surface area is 730 Å². The van der Waals surface area contributed by atoms with Crippen LogP contribution in [0.2, 0.25) is 0 Å². The van der Waals surface area contributed by atoms with Crippen LogP contribution in [0, 0.1) is 0 Å². The highest BCUT2D eigenvalue weighted by Crippen LogP contribution is 2.47. The smallest absolute Gasteiger partial charge is 0.164 e. The van der Waals surface area contributed by atoms with Gasteiger partial charge in [0.25, 0.3) is 0 Å². The molecule has 2 aliphatic rings. The third-order valence-corrected chi connectivity index (χ3v) is 24.5. The summed E-state index contributed by atoms with van der Waals surface area (Å²) in [5, 5.41) is 4.91. The SMILES string of the molecule is c1ccc(-c2nc(-c3ccccc3)nc(-c3ccc4c(c3)-c3cc(-n5c6ccccc6c6cc(-c7ccc(N(c8ccccc8)c8ccccc8)cc7)ccc65)ccc3C4)n2)cc1.c1ccc(-c2nc(-c3ccccc3)nc(-c3ccc4c(c3)-c3cc(-n5c6ccccc6c6cc(-c7ccc(N(c8ccccc8)c8ccccc8)cc7)ccc65)ccc3C4)n2)cc1. The Kier molecular flexibility index (Phi) is 18.8. The molecule has 0 saturated heterocycles. The van der Waals surface area contributed by atoms with Crippen LogP contribution < -0.4 is 9.80 Å². The zero-order valence-electron chi connectivity index (χ0n) is 68.6. The van der Waals surface area contributed by atoms with Gasteiger partial charge in [0.05, 0.1) is 22.1 Å². The van der Waals surface area contributed by atoms with E-state index in [2.05, 4.69) is 347 Å². The van der Waals surface area contributed by atoms with Gasteiger partial charge in [-0.3, -0.25) is 0 Å². The molecule has 10 nitrogen and oxygen atoms in total. The Morgan fingerprint density at radius 2 is 0.405 bits per heavy atom. The molecule has 4 aromatic heterocycles. The summed E-state index contributed by atoms with van der Waals surface area (Å²) >= 11 is 0. The highest BCUT2D eigenvalue weighted by molar-refractivity contribution is 6.12. The fraction of sp³-hybridized carbons (Fsp3) is 0.0172. The number of aromatic nitrogens is 8. The molecule has 0 spiro atoms. The molecule has 24 rings (SSSR count). The highest BCUT2D eigenvalue weighted by atomic mass is 15.1. The lowest BCUT2D eigenvalue weighted by Crippen LogP contribution is -2.09. The Balaban J connectivity index is 0.000000145. The van der Waals surface area contributed by atoms with Crippen molar-refractivity contribution in [2.75, 3.05) is 9.80 Å². The number of nitrogens with zero attached hydrogens (tertiary/aromatic N) is 10. The van der Waals surface area contributed by atoms with Crippen molar-refractivity contribution < 1.29 is 0 Å². The average molecular weight is 1610 g/mol. The van der Waals surface area contributed by atoms with E-state index in [1.54, 1.807) is 0 Å². The first-order valence-corrected chi connectivity index (χ1v) is 42.8. The monoisotopic (exact) mass is 1610 g/mol. The molecule has 22 aromatic rings. The number of hydrogen-bond acceptors (Lipinski definition) is 8. The molecule has 0 fully saturated rings. The minimum atomic E-state index is 0.659. The van der Waals surface area contributed by atoms with E-state index in [-0.39, 0.29) is 0 Å². The second kappa shape index (κ2) is 32.0. The average Bonchev–Trinajstić information content (AvgIpc) is 1.58. The number of hydrogen-bond donors (Lipinski definition) is 0. The summed E-state index contributed by atoms with van der Waals surface area (Å²) in [5.41, 5.74) is 34.4. The van der Waals surface area contributed by atoms with Crippen molar-refractivity contribution in [3.63, 3.8) is 0 Å². The third kappa shape index (κ3) is 13.9. The van der Waals surface area contributed by atoms with Gasteiger partial charge in [-0.25, -0.2) is 29.9 Å². The van der Waals surface area contributed by atoms with Gasteiger partial charge in [0.15, 0.2) is 34.9 Å². The Morgan fingerprint density at radius 3 is 0.722 bits per heavy atom. The summed E-state index contributed by atoms with van der Waals surface area (Å²) in [6.07, 6.45) is 1.77. The van der Waals surface area contributed by atoms with Crippen LogP contribution in [-0.4, -0.2) is 39.0 Å². The maximum absolute atomic E-state index is 5.04. The van der Waals surface area contributed by atoms with Crippen molar-refractivity contribution in [2.45, 2.75) is 12.8 Å². The summed E-state index contributed by atoms with van der Waals surface area (Å²) in [6.45, 7) is 0. The van der Waals surface area contributed by atoms with Gasteiger partial charge in [0.2, 0.25) is 0 Å². The van der Waals surface area contributed by atoms with E-state index in [0.717, 1.165) is 91.7 Å². The van der Waals surface area contributed by atoms with Crippen molar-refractivity contribution in [3.05, 3.63) is 471 Å². The minimum Gasteiger partial charge on any atom is -0.311 e. The Hall–Kier alpha value is -16.8. The number of para-hydroxylation sites is 6. The van der Waals surface area contributed by atoms with Gasteiger partial charge in [0.1, 0.15) is 0 Å². The molecule has 0 unspecified atom stereocenters. The lowest BCUT2D eigenvalue weighted by Gasteiger charge is -2.25. The number of anilines is 6. The Morgan fingerprint density at radius 1 is 0.167 bits per heavy atom. The van der Waals surface area contributed by atoms with Crippen molar-refractivity contribution in [3.8, 4) is 124 Å². The molecule has 0 saturated carbocycles. The van der Waals surface area contributed by atoms with Crippen molar-refractivity contribution in [1.82, 2.24) is 39.0 Å². The van der Waals surface area contributed by atoms with E-state index in [4.69, 9.17) is 29.9 Å². The molecule has 10 heteroatoms. The van der Waals surface area contributed by atoms with E-state index >= 15 is 0 Å². The second-order valence-corrected chi connectivity index (χ2v) is 32.1. The van der Waals surface area contributed by atoms with Crippen molar-refractivity contribution >= 4 is 77.7 Å². The van der Waals surface area contributed by atoms with Gasteiger partial charge < -0.3 is 18.9 Å². The van der Waals surface area contributed by atoms with Crippen molar-refractivity contribution in [2.24, 2.45) is 0 Å². The summed E-state index contributed by atoms with van der Waals surface area (Å²) in [7, 11) is 0. The minimum absolute atomic E-state index is 0.659. The number of rotatable bonds is 16. The van der Waals surface area contributed by atoms with Crippen LogP contribution in [0.25, 0.3) is 168 Å². The van der Waals surface area contributed by atoms with Gasteiger partial charge in [-0.2, -0.15) is 0 Å². The lowest BCUT2D eigenvalue weighted by atomic mass is 10.0.